The monoisotopic (exact) mass is 230 g/mol. The fraction of sp³-hybridized carbons (Fsp3) is 0.500. The fourth-order valence-electron chi connectivity index (χ4n) is 1.07. The van der Waals surface area contributed by atoms with E-state index in [-0.39, 0.29) is 0 Å². The van der Waals surface area contributed by atoms with Crippen LogP contribution in [0.15, 0.2) is 12.2 Å². The molecule has 0 rings (SSSR count). The third-order valence-corrected chi connectivity index (χ3v) is 2.10. The average molecular weight is 230 g/mol. The van der Waals surface area contributed by atoms with Crippen molar-refractivity contribution in [3.05, 3.63) is 12.2 Å². The predicted molar refractivity (Wildman–Crippen MR) is 54.0 cm³/mol. The highest BCUT2D eigenvalue weighted by Crippen LogP contribution is 2.21. The van der Waals surface area contributed by atoms with E-state index in [0.717, 1.165) is 18.9 Å². The van der Waals surface area contributed by atoms with E-state index in [4.69, 9.17) is 15.3 Å². The predicted octanol–water partition coefficient (Wildman–Crippen LogP) is 0.973. The molecule has 0 saturated heterocycles. The molecule has 3 N–H and O–H groups in total. The van der Waals surface area contributed by atoms with E-state index >= 15 is 0 Å². The van der Waals surface area contributed by atoms with Gasteiger partial charge in [-0.15, -0.1) is 0 Å². The first kappa shape index (κ1) is 14.2. The molecule has 16 heavy (non-hydrogen) atoms. The Bertz CT molecular complexity index is 281. The molecule has 0 spiro atoms. The van der Waals surface area contributed by atoms with Crippen molar-refractivity contribution < 1.29 is 29.7 Å². The molecular weight excluding hydrogens is 216 g/mol. The van der Waals surface area contributed by atoms with Crippen molar-refractivity contribution in [1.29, 1.82) is 0 Å². The van der Waals surface area contributed by atoms with Crippen molar-refractivity contribution in [2.24, 2.45) is 5.41 Å². The van der Waals surface area contributed by atoms with Gasteiger partial charge in [0.05, 0.1) is 0 Å². The Kier molecular flexibility index (Phi) is 5.21. The number of allylic oxidation sites excluding steroid dienone is 1. The second-order valence-corrected chi connectivity index (χ2v) is 3.27. The molecular formula is C10H14O6. The molecule has 0 aliphatic carbocycles. The first-order valence-electron chi connectivity index (χ1n) is 4.77. The Morgan fingerprint density at radius 2 is 1.50 bits per heavy atom. The smallest absolute Gasteiger partial charge is 0.336 e. The van der Waals surface area contributed by atoms with Gasteiger partial charge in [0.1, 0.15) is 0 Å². The number of rotatable bonds is 7. The lowest BCUT2D eigenvalue weighted by atomic mass is 9.87. The maximum absolute atomic E-state index is 10.8. The summed E-state index contributed by atoms with van der Waals surface area (Å²) in [6.07, 6.45) is 4.04. The minimum atomic E-state index is -2.88. The molecule has 0 unspecified atom stereocenters. The van der Waals surface area contributed by atoms with Gasteiger partial charge < -0.3 is 15.3 Å². The average Bonchev–Trinajstić information content (AvgIpc) is 2.16. The van der Waals surface area contributed by atoms with Crippen molar-refractivity contribution in [1.82, 2.24) is 0 Å². The van der Waals surface area contributed by atoms with Crippen LogP contribution in [0.1, 0.15) is 26.2 Å². The van der Waals surface area contributed by atoms with Gasteiger partial charge in [-0.25, -0.2) is 0 Å². The first-order chi connectivity index (χ1) is 7.39. The summed E-state index contributed by atoms with van der Waals surface area (Å²) >= 11 is 0. The van der Waals surface area contributed by atoms with Crippen LogP contribution in [0.4, 0.5) is 0 Å². The summed E-state index contributed by atoms with van der Waals surface area (Å²) in [7, 11) is 0. The van der Waals surface area contributed by atoms with Gasteiger partial charge in [-0.3, -0.25) is 14.4 Å². The van der Waals surface area contributed by atoms with Crippen LogP contribution in [0.3, 0.4) is 0 Å². The highest BCUT2D eigenvalue weighted by Gasteiger charge is 2.52. The summed E-state index contributed by atoms with van der Waals surface area (Å²) in [6, 6.07) is 0. The summed E-state index contributed by atoms with van der Waals surface area (Å²) in [5.74, 6) is -5.71. The van der Waals surface area contributed by atoms with Gasteiger partial charge in [0.25, 0.3) is 5.41 Å². The SMILES string of the molecule is CCCCC=CC(C(=O)O)(C(=O)O)C(=O)O. The molecule has 0 heterocycles. The highest BCUT2D eigenvalue weighted by atomic mass is 16.4. The normalized spacial score (nSPS) is 11.6. The van der Waals surface area contributed by atoms with Crippen LogP contribution in [0, 0.1) is 5.41 Å². The van der Waals surface area contributed by atoms with Crippen molar-refractivity contribution in [3.63, 3.8) is 0 Å². The van der Waals surface area contributed by atoms with Gasteiger partial charge in [0.15, 0.2) is 0 Å². The molecule has 0 saturated carbocycles. The summed E-state index contributed by atoms with van der Waals surface area (Å²) in [5.41, 5.74) is -2.88. The molecule has 0 aliphatic rings. The van der Waals surface area contributed by atoms with Gasteiger partial charge in [-0.1, -0.05) is 25.8 Å². The van der Waals surface area contributed by atoms with Gasteiger partial charge in [-0.2, -0.15) is 0 Å². The topological polar surface area (TPSA) is 112 Å². The summed E-state index contributed by atoms with van der Waals surface area (Å²) in [4.78, 5) is 32.3. The van der Waals surface area contributed by atoms with Crippen molar-refractivity contribution in [2.75, 3.05) is 0 Å². The first-order valence-corrected chi connectivity index (χ1v) is 4.77. The Morgan fingerprint density at radius 1 is 1.06 bits per heavy atom. The number of aliphatic carboxylic acids is 3. The van der Waals surface area contributed by atoms with Crippen LogP contribution >= 0.6 is 0 Å². The Balaban J connectivity index is 5.07. The maximum Gasteiger partial charge on any atom is 0.336 e. The molecule has 0 fully saturated rings. The Morgan fingerprint density at radius 3 is 1.81 bits per heavy atom. The second kappa shape index (κ2) is 5.89. The maximum atomic E-state index is 10.8. The van der Waals surface area contributed by atoms with Crippen LogP contribution in [0.2, 0.25) is 0 Å². The number of carboxylic acids is 3. The molecule has 0 amide bonds. The molecule has 0 atom stereocenters. The van der Waals surface area contributed by atoms with Gasteiger partial charge in [0.2, 0.25) is 0 Å². The summed E-state index contributed by atoms with van der Waals surface area (Å²) < 4.78 is 0. The van der Waals surface area contributed by atoms with Crippen LogP contribution in [0.5, 0.6) is 0 Å². The summed E-state index contributed by atoms with van der Waals surface area (Å²) in [6.45, 7) is 1.91. The fourth-order valence-corrected chi connectivity index (χ4v) is 1.07. The zero-order valence-electron chi connectivity index (χ0n) is 8.84. The quantitative estimate of drug-likeness (QED) is 0.341. The molecule has 0 bridgehead atoms. The van der Waals surface area contributed by atoms with E-state index in [1.165, 1.54) is 6.08 Å². The molecule has 90 valence electrons. The lowest BCUT2D eigenvalue weighted by molar-refractivity contribution is -0.171. The molecule has 0 aromatic rings. The second-order valence-electron chi connectivity index (χ2n) is 3.27. The number of hydrogen-bond acceptors (Lipinski definition) is 3. The van der Waals surface area contributed by atoms with E-state index in [2.05, 4.69) is 0 Å². The van der Waals surface area contributed by atoms with Crippen molar-refractivity contribution in [2.45, 2.75) is 26.2 Å². The number of carboxylic acid groups (broad SMARTS) is 3. The minimum absolute atomic E-state index is 0.450. The molecule has 6 nitrogen and oxygen atoms in total. The van der Waals surface area contributed by atoms with Crippen LogP contribution in [-0.4, -0.2) is 33.2 Å². The van der Waals surface area contributed by atoms with Gasteiger partial charge >= 0.3 is 17.9 Å². The Labute approximate surface area is 92.2 Å². The zero-order valence-corrected chi connectivity index (χ0v) is 8.84. The number of unbranched alkanes of at least 4 members (excludes halogenated alkanes) is 2. The largest absolute Gasteiger partial charge is 0.480 e. The van der Waals surface area contributed by atoms with Crippen molar-refractivity contribution >= 4 is 17.9 Å². The third-order valence-electron chi connectivity index (χ3n) is 2.10. The van der Waals surface area contributed by atoms with E-state index in [9.17, 15) is 14.4 Å². The van der Waals surface area contributed by atoms with Crippen LogP contribution in [-0.2, 0) is 14.4 Å². The molecule has 0 aromatic heterocycles. The standard InChI is InChI=1S/C10H14O6/c1-2-3-4-5-6-10(7(11)12,8(13)14)9(15)16/h5-6H,2-4H2,1H3,(H,11,12)(H,13,14)(H,15,16). The van der Waals surface area contributed by atoms with Crippen LogP contribution in [0.25, 0.3) is 0 Å². The molecule has 0 radical (unpaired) electrons. The van der Waals surface area contributed by atoms with E-state index in [1.54, 1.807) is 0 Å². The van der Waals surface area contributed by atoms with E-state index < -0.39 is 23.3 Å². The van der Waals surface area contributed by atoms with Crippen LogP contribution < -0.4 is 0 Å². The van der Waals surface area contributed by atoms with E-state index in [0.29, 0.717) is 6.42 Å². The highest BCUT2D eigenvalue weighted by molar-refractivity contribution is 6.18. The van der Waals surface area contributed by atoms with Crippen molar-refractivity contribution in [3.8, 4) is 0 Å². The molecule has 0 aliphatic heterocycles. The third kappa shape index (κ3) is 2.82. The number of carbonyl (C=O) groups is 3. The molecule has 6 heteroatoms. The summed E-state index contributed by atoms with van der Waals surface area (Å²) in [5, 5.41) is 26.1. The minimum Gasteiger partial charge on any atom is -0.480 e. The molecule has 0 aromatic carbocycles. The lowest BCUT2D eigenvalue weighted by Crippen LogP contribution is -2.44. The van der Waals surface area contributed by atoms with E-state index in [1.807, 2.05) is 6.92 Å². The Hall–Kier alpha value is -1.85. The lowest BCUT2D eigenvalue weighted by Gasteiger charge is -2.15. The number of hydrogen-bond donors (Lipinski definition) is 3. The van der Waals surface area contributed by atoms with Gasteiger partial charge in [-0.05, 0) is 12.5 Å². The zero-order chi connectivity index (χ0) is 12.8. The van der Waals surface area contributed by atoms with Gasteiger partial charge in [0, 0.05) is 0 Å².